The van der Waals surface area contributed by atoms with Gasteiger partial charge in [-0.05, 0) is 65.1 Å². The molecule has 0 unspecified atom stereocenters. The molecule has 0 atom stereocenters. The summed E-state index contributed by atoms with van der Waals surface area (Å²) < 4.78 is 0. The van der Waals surface area contributed by atoms with Gasteiger partial charge < -0.3 is 20.4 Å². The molecule has 2 N–H and O–H groups in total. The van der Waals surface area contributed by atoms with Gasteiger partial charge in [0.15, 0.2) is 5.96 Å². The summed E-state index contributed by atoms with van der Waals surface area (Å²) in [6.45, 7) is 6.91. The number of carbonyl (C=O) groups excluding carboxylic acids is 1. The molecule has 1 saturated carbocycles. The van der Waals surface area contributed by atoms with E-state index in [0.717, 1.165) is 50.7 Å². The first-order valence-electron chi connectivity index (χ1n) is 10.4. The highest BCUT2D eigenvalue weighted by Gasteiger charge is 2.42. The summed E-state index contributed by atoms with van der Waals surface area (Å²) >= 11 is 0. The number of piperidine rings is 1. The van der Waals surface area contributed by atoms with Gasteiger partial charge in [-0.15, -0.1) is 0 Å². The predicted molar refractivity (Wildman–Crippen MR) is 108 cm³/mol. The second-order valence-corrected chi connectivity index (χ2v) is 8.34. The number of aliphatic imine (C=N–C) groups is 1. The van der Waals surface area contributed by atoms with E-state index in [0.29, 0.717) is 6.54 Å². The quantitative estimate of drug-likeness (QED) is 0.535. The number of likely N-dealkylation sites (tertiary alicyclic amines) is 1. The molecule has 0 radical (unpaired) electrons. The van der Waals surface area contributed by atoms with E-state index in [-0.39, 0.29) is 11.3 Å². The minimum absolute atomic E-state index is 0.237. The van der Waals surface area contributed by atoms with E-state index >= 15 is 0 Å². The third kappa shape index (κ3) is 5.86. The van der Waals surface area contributed by atoms with Crippen molar-refractivity contribution in [3.63, 3.8) is 0 Å². The van der Waals surface area contributed by atoms with E-state index in [9.17, 15) is 4.79 Å². The van der Waals surface area contributed by atoms with E-state index in [2.05, 4.69) is 29.5 Å². The van der Waals surface area contributed by atoms with Crippen LogP contribution in [0.4, 0.5) is 0 Å². The van der Waals surface area contributed by atoms with Gasteiger partial charge in [0.2, 0.25) is 5.91 Å². The van der Waals surface area contributed by atoms with E-state index < -0.39 is 0 Å². The van der Waals surface area contributed by atoms with Crippen LogP contribution in [0, 0.1) is 11.3 Å². The second-order valence-electron chi connectivity index (χ2n) is 8.34. The number of guanidine groups is 1. The minimum atomic E-state index is -0.292. The Morgan fingerprint density at radius 1 is 1.19 bits per heavy atom. The zero-order valence-corrected chi connectivity index (χ0v) is 17.3. The summed E-state index contributed by atoms with van der Waals surface area (Å²) in [5, 5.41) is 6.83. The molecular weight excluding hydrogens is 326 g/mol. The molecule has 0 aromatic rings. The lowest BCUT2D eigenvalue weighted by molar-refractivity contribution is -0.138. The third-order valence-electron chi connectivity index (χ3n) is 5.99. The molecule has 150 valence electrons. The molecule has 1 saturated heterocycles. The molecular formula is C20H39N5O. The Morgan fingerprint density at radius 2 is 1.85 bits per heavy atom. The second kappa shape index (κ2) is 10.1. The molecule has 2 aliphatic rings. The Hall–Kier alpha value is -1.30. The van der Waals surface area contributed by atoms with Crippen LogP contribution in [-0.4, -0.2) is 75.5 Å². The van der Waals surface area contributed by atoms with E-state index in [1.54, 1.807) is 4.90 Å². The van der Waals surface area contributed by atoms with Crippen molar-refractivity contribution in [3.05, 3.63) is 0 Å². The molecule has 6 nitrogen and oxygen atoms in total. The van der Waals surface area contributed by atoms with Gasteiger partial charge in [-0.3, -0.25) is 9.79 Å². The summed E-state index contributed by atoms with van der Waals surface area (Å²) in [6.07, 6.45) is 7.98. The van der Waals surface area contributed by atoms with Crippen LogP contribution in [0.2, 0.25) is 0 Å². The zero-order chi connectivity index (χ0) is 19.0. The largest absolute Gasteiger partial charge is 0.357 e. The SMILES string of the molecule is CCNC(=NCC1(C(=O)N(C)C)CCCC1)NCCC1CCN(C)CC1. The molecule has 0 aromatic carbocycles. The molecule has 1 aliphatic heterocycles. The van der Waals surface area contributed by atoms with Gasteiger partial charge >= 0.3 is 0 Å². The summed E-state index contributed by atoms with van der Waals surface area (Å²) in [6, 6.07) is 0. The topological polar surface area (TPSA) is 60.0 Å². The smallest absolute Gasteiger partial charge is 0.230 e. The third-order valence-corrected chi connectivity index (χ3v) is 5.99. The number of hydrogen-bond donors (Lipinski definition) is 2. The molecule has 0 aromatic heterocycles. The Balaban J connectivity index is 1.87. The Morgan fingerprint density at radius 3 is 2.42 bits per heavy atom. The lowest BCUT2D eigenvalue weighted by Gasteiger charge is -2.30. The summed E-state index contributed by atoms with van der Waals surface area (Å²) in [4.78, 5) is 21.7. The van der Waals surface area contributed by atoms with E-state index in [1.807, 2.05) is 14.1 Å². The lowest BCUT2D eigenvalue weighted by atomic mass is 9.85. The molecule has 1 amide bonds. The fraction of sp³-hybridized carbons (Fsp3) is 0.900. The van der Waals surface area contributed by atoms with Crippen molar-refractivity contribution in [2.75, 3.05) is 53.9 Å². The Kier molecular flexibility index (Phi) is 8.19. The van der Waals surface area contributed by atoms with E-state index in [4.69, 9.17) is 4.99 Å². The van der Waals surface area contributed by atoms with Crippen LogP contribution in [0.3, 0.4) is 0 Å². The normalized spacial score (nSPS) is 21.6. The van der Waals surface area contributed by atoms with Gasteiger partial charge in [0.1, 0.15) is 0 Å². The number of rotatable bonds is 7. The molecule has 1 heterocycles. The van der Waals surface area contributed by atoms with Gasteiger partial charge in [-0.2, -0.15) is 0 Å². The van der Waals surface area contributed by atoms with Gasteiger partial charge in [0, 0.05) is 27.2 Å². The Labute approximate surface area is 159 Å². The van der Waals surface area contributed by atoms with Crippen LogP contribution >= 0.6 is 0 Å². The van der Waals surface area contributed by atoms with Crippen molar-refractivity contribution in [2.24, 2.45) is 16.3 Å². The van der Waals surface area contributed by atoms with Gasteiger partial charge in [0.05, 0.1) is 12.0 Å². The van der Waals surface area contributed by atoms with Crippen molar-refractivity contribution in [3.8, 4) is 0 Å². The van der Waals surface area contributed by atoms with Crippen LogP contribution in [0.5, 0.6) is 0 Å². The maximum atomic E-state index is 12.7. The minimum Gasteiger partial charge on any atom is -0.357 e. The monoisotopic (exact) mass is 365 g/mol. The van der Waals surface area contributed by atoms with Crippen LogP contribution in [0.25, 0.3) is 0 Å². The van der Waals surface area contributed by atoms with Crippen molar-refractivity contribution in [1.82, 2.24) is 20.4 Å². The van der Waals surface area contributed by atoms with Crippen molar-refractivity contribution in [1.29, 1.82) is 0 Å². The lowest BCUT2D eigenvalue weighted by Crippen LogP contribution is -2.43. The highest BCUT2D eigenvalue weighted by atomic mass is 16.2. The summed E-state index contributed by atoms with van der Waals surface area (Å²) in [5.74, 6) is 1.91. The molecule has 1 aliphatic carbocycles. The Bertz CT molecular complexity index is 463. The predicted octanol–water partition coefficient (Wildman–Crippen LogP) is 1.92. The van der Waals surface area contributed by atoms with Crippen LogP contribution < -0.4 is 10.6 Å². The summed E-state index contributed by atoms with van der Waals surface area (Å²) in [5.41, 5.74) is -0.292. The molecule has 26 heavy (non-hydrogen) atoms. The zero-order valence-electron chi connectivity index (χ0n) is 17.3. The van der Waals surface area contributed by atoms with Crippen molar-refractivity contribution >= 4 is 11.9 Å². The van der Waals surface area contributed by atoms with Crippen molar-refractivity contribution in [2.45, 2.75) is 51.9 Å². The van der Waals surface area contributed by atoms with Crippen molar-refractivity contribution < 1.29 is 4.79 Å². The maximum Gasteiger partial charge on any atom is 0.230 e. The van der Waals surface area contributed by atoms with Gasteiger partial charge in [0.25, 0.3) is 0 Å². The van der Waals surface area contributed by atoms with Gasteiger partial charge in [-0.25, -0.2) is 0 Å². The fourth-order valence-electron chi connectivity index (χ4n) is 4.28. The molecule has 2 fully saturated rings. The first kappa shape index (κ1) is 21.0. The average molecular weight is 366 g/mol. The van der Waals surface area contributed by atoms with Crippen LogP contribution in [0.1, 0.15) is 51.9 Å². The molecule has 2 rings (SSSR count). The number of hydrogen-bond acceptors (Lipinski definition) is 3. The van der Waals surface area contributed by atoms with Crippen LogP contribution in [-0.2, 0) is 4.79 Å². The molecule has 0 bridgehead atoms. The highest BCUT2D eigenvalue weighted by Crippen LogP contribution is 2.39. The number of nitrogens with one attached hydrogen (secondary N) is 2. The first-order chi connectivity index (χ1) is 12.5. The number of carbonyl (C=O) groups is 1. The first-order valence-corrected chi connectivity index (χ1v) is 10.4. The fourth-order valence-corrected chi connectivity index (χ4v) is 4.28. The number of nitrogens with zero attached hydrogens (tertiary/aromatic N) is 3. The standard InChI is InChI=1S/C20H39N5O/c1-5-21-19(22-13-8-17-9-14-25(4)15-10-17)23-16-20(11-6-7-12-20)18(26)24(2)3/h17H,5-16H2,1-4H3,(H2,21,22,23). The molecule has 0 spiro atoms. The highest BCUT2D eigenvalue weighted by molar-refractivity contribution is 5.84. The van der Waals surface area contributed by atoms with E-state index in [1.165, 1.54) is 32.4 Å². The molecule has 6 heteroatoms. The average Bonchev–Trinajstić information content (AvgIpc) is 3.10. The van der Waals surface area contributed by atoms with Gasteiger partial charge in [-0.1, -0.05) is 12.8 Å². The summed E-state index contributed by atoms with van der Waals surface area (Å²) in [7, 11) is 5.92. The van der Waals surface area contributed by atoms with Crippen LogP contribution in [0.15, 0.2) is 4.99 Å². The number of amides is 1. The maximum absolute atomic E-state index is 12.7.